The predicted octanol–water partition coefficient (Wildman–Crippen LogP) is 3.62. The largest absolute Gasteiger partial charge is 0.426 e. The normalized spacial score (nSPS) is 11.0. The van der Waals surface area contributed by atoms with Crippen molar-refractivity contribution in [3.63, 3.8) is 0 Å². The van der Waals surface area contributed by atoms with Crippen molar-refractivity contribution in [1.29, 1.82) is 0 Å². The van der Waals surface area contributed by atoms with Crippen molar-refractivity contribution in [2.45, 2.75) is 0 Å². The Kier molecular flexibility index (Phi) is 3.81. The highest BCUT2D eigenvalue weighted by atomic mass is 35.5. The molecule has 4 rings (SSSR count). The van der Waals surface area contributed by atoms with Crippen LogP contribution in [0.3, 0.4) is 0 Å². The van der Waals surface area contributed by atoms with Crippen LogP contribution in [0.25, 0.3) is 17.0 Å². The number of anilines is 2. The zero-order chi connectivity index (χ0) is 18.3. The first-order chi connectivity index (χ1) is 12.5. The summed E-state index contributed by atoms with van der Waals surface area (Å²) in [5, 5.41) is 3.07. The molecule has 3 N–H and O–H groups in total. The number of furan rings is 1. The summed E-state index contributed by atoms with van der Waals surface area (Å²) in [5.41, 5.74) is 7.83. The molecule has 0 fully saturated rings. The number of nitrogens with zero attached hydrogens (tertiary/aromatic N) is 3. The molecule has 0 saturated heterocycles. The van der Waals surface area contributed by atoms with E-state index in [0.717, 1.165) is 6.07 Å². The van der Waals surface area contributed by atoms with E-state index in [9.17, 15) is 9.18 Å². The summed E-state index contributed by atoms with van der Waals surface area (Å²) in [6.07, 6.45) is 4.92. The van der Waals surface area contributed by atoms with Gasteiger partial charge < -0.3 is 15.5 Å². The van der Waals surface area contributed by atoms with Crippen molar-refractivity contribution < 1.29 is 13.6 Å². The lowest BCUT2D eigenvalue weighted by atomic mass is 10.1. The zero-order valence-electron chi connectivity index (χ0n) is 13.1. The molecule has 1 amide bonds. The van der Waals surface area contributed by atoms with E-state index in [1.807, 2.05) is 0 Å². The Morgan fingerprint density at radius 2 is 2.12 bits per heavy atom. The van der Waals surface area contributed by atoms with E-state index in [4.69, 9.17) is 17.3 Å². The van der Waals surface area contributed by atoms with Gasteiger partial charge in [0.1, 0.15) is 0 Å². The number of carbonyl (C=O) groups excluding carboxylic acids is 1. The average molecular weight is 372 g/mol. The van der Waals surface area contributed by atoms with E-state index in [1.54, 1.807) is 35.0 Å². The number of imidazole rings is 1. The van der Waals surface area contributed by atoms with E-state index in [0.29, 0.717) is 33.4 Å². The molecule has 0 radical (unpaired) electrons. The number of aromatic nitrogens is 3. The Labute approximate surface area is 151 Å². The molecule has 0 aliphatic rings. The molecule has 0 bridgehead atoms. The number of hydrogen-bond donors (Lipinski definition) is 2. The first-order valence-corrected chi connectivity index (χ1v) is 7.84. The summed E-state index contributed by atoms with van der Waals surface area (Å²) >= 11 is 6.27. The smallest absolute Gasteiger partial charge is 0.291 e. The van der Waals surface area contributed by atoms with Gasteiger partial charge in [-0.15, -0.1) is 0 Å². The molecule has 4 aromatic rings. The van der Waals surface area contributed by atoms with Crippen molar-refractivity contribution in [2.75, 3.05) is 11.1 Å². The van der Waals surface area contributed by atoms with Crippen LogP contribution in [0.4, 0.5) is 15.8 Å². The number of rotatable bonds is 3. The third-order valence-electron chi connectivity index (χ3n) is 3.63. The molecular formula is C17H11ClFN5O2. The monoisotopic (exact) mass is 371 g/mol. The minimum atomic E-state index is -0.830. The second kappa shape index (κ2) is 6.16. The minimum Gasteiger partial charge on any atom is -0.426 e. The molecular weight excluding hydrogens is 361 g/mol. The summed E-state index contributed by atoms with van der Waals surface area (Å²) in [6, 6.07) is 6.39. The molecule has 0 aliphatic heterocycles. The fraction of sp³-hybridized carbons (Fsp3) is 0. The molecule has 3 heterocycles. The highest BCUT2D eigenvalue weighted by Crippen LogP contribution is 2.30. The number of carbonyl (C=O) groups is 1. The molecule has 0 atom stereocenters. The highest BCUT2D eigenvalue weighted by Gasteiger charge is 2.14. The molecule has 1 aromatic carbocycles. The van der Waals surface area contributed by atoms with Crippen LogP contribution in [0.15, 0.2) is 53.3 Å². The van der Waals surface area contributed by atoms with Gasteiger partial charge in [-0.1, -0.05) is 11.6 Å². The van der Waals surface area contributed by atoms with E-state index >= 15 is 0 Å². The molecule has 0 saturated carbocycles. The first kappa shape index (κ1) is 16.1. The van der Waals surface area contributed by atoms with Crippen LogP contribution in [-0.4, -0.2) is 20.3 Å². The molecule has 26 heavy (non-hydrogen) atoms. The quantitative estimate of drug-likeness (QED) is 0.573. The second-order valence-electron chi connectivity index (χ2n) is 5.47. The maximum Gasteiger partial charge on any atom is 0.291 e. The minimum absolute atomic E-state index is 0.133. The Morgan fingerprint density at radius 1 is 1.27 bits per heavy atom. The SMILES string of the molecule is Nc1cnc2nc(-c3cc(NC(=O)c4ccc(F)o4)ccc3Cl)cn2c1. The third-order valence-corrected chi connectivity index (χ3v) is 3.96. The topological polar surface area (TPSA) is 98.5 Å². The zero-order valence-corrected chi connectivity index (χ0v) is 13.9. The number of nitrogens with two attached hydrogens (primary N) is 1. The molecule has 7 nitrogen and oxygen atoms in total. The van der Waals surface area contributed by atoms with Crippen LogP contribution in [-0.2, 0) is 0 Å². The molecule has 0 spiro atoms. The summed E-state index contributed by atoms with van der Waals surface area (Å²) in [5.74, 6) is -0.246. The number of fused-ring (bicyclic) bond motifs is 1. The molecule has 130 valence electrons. The maximum absolute atomic E-state index is 12.9. The molecule has 9 heteroatoms. The summed E-state index contributed by atoms with van der Waals surface area (Å²) in [7, 11) is 0. The number of nitrogens with one attached hydrogen (secondary N) is 1. The fourth-order valence-electron chi connectivity index (χ4n) is 2.46. The van der Waals surface area contributed by atoms with Gasteiger partial charge in [0.05, 0.1) is 22.6 Å². The standard InChI is InChI=1S/C17H11ClFN5O2/c18-12-2-1-10(22-16(25)14-3-4-15(19)26-14)5-11(12)13-8-24-7-9(20)6-21-17(24)23-13/h1-8H,20H2,(H,22,25). The van der Waals surface area contributed by atoms with Gasteiger partial charge in [-0.25, -0.2) is 9.97 Å². The second-order valence-corrected chi connectivity index (χ2v) is 5.88. The Balaban J connectivity index is 1.68. The van der Waals surface area contributed by atoms with Crippen LogP contribution in [0.5, 0.6) is 0 Å². The summed E-state index contributed by atoms with van der Waals surface area (Å²) < 4.78 is 19.2. The molecule has 0 aliphatic carbocycles. The van der Waals surface area contributed by atoms with Gasteiger partial charge in [-0.05, 0) is 24.3 Å². The number of benzene rings is 1. The number of hydrogen-bond acceptors (Lipinski definition) is 5. The van der Waals surface area contributed by atoms with Gasteiger partial charge in [-0.3, -0.25) is 9.20 Å². The van der Waals surface area contributed by atoms with E-state index in [1.165, 1.54) is 12.3 Å². The van der Waals surface area contributed by atoms with Crippen molar-refractivity contribution in [3.05, 3.63) is 65.7 Å². The van der Waals surface area contributed by atoms with E-state index < -0.39 is 11.9 Å². The van der Waals surface area contributed by atoms with Gasteiger partial charge in [0.25, 0.3) is 11.9 Å². The maximum atomic E-state index is 12.9. The van der Waals surface area contributed by atoms with Crippen molar-refractivity contribution in [3.8, 4) is 11.3 Å². The van der Waals surface area contributed by atoms with Gasteiger partial charge in [0.2, 0.25) is 5.78 Å². The molecule has 3 aromatic heterocycles. The van der Waals surface area contributed by atoms with Gasteiger partial charge >= 0.3 is 0 Å². The average Bonchev–Trinajstić information content (AvgIpc) is 3.22. The summed E-state index contributed by atoms with van der Waals surface area (Å²) in [4.78, 5) is 20.6. The first-order valence-electron chi connectivity index (χ1n) is 7.46. The lowest BCUT2D eigenvalue weighted by molar-refractivity contribution is 0.0988. The third kappa shape index (κ3) is 2.98. The number of halogens is 2. The van der Waals surface area contributed by atoms with Gasteiger partial charge in [-0.2, -0.15) is 4.39 Å². The van der Waals surface area contributed by atoms with E-state index in [2.05, 4.69) is 19.7 Å². The van der Waals surface area contributed by atoms with Crippen LogP contribution >= 0.6 is 11.6 Å². The summed E-state index contributed by atoms with van der Waals surface area (Å²) in [6.45, 7) is 0. The lowest BCUT2D eigenvalue weighted by Gasteiger charge is -2.06. The Morgan fingerprint density at radius 3 is 2.88 bits per heavy atom. The predicted molar refractivity (Wildman–Crippen MR) is 94.5 cm³/mol. The molecule has 0 unspecified atom stereocenters. The fourth-order valence-corrected chi connectivity index (χ4v) is 2.67. The van der Waals surface area contributed by atoms with Gasteiger partial charge in [0, 0.05) is 29.7 Å². The van der Waals surface area contributed by atoms with Gasteiger partial charge in [0.15, 0.2) is 5.76 Å². The Bertz CT molecular complexity index is 1140. The van der Waals surface area contributed by atoms with Crippen molar-refractivity contribution in [1.82, 2.24) is 14.4 Å². The number of nitrogen functional groups attached to an aromatic ring is 1. The van der Waals surface area contributed by atoms with Crippen LogP contribution < -0.4 is 11.1 Å². The lowest BCUT2D eigenvalue weighted by Crippen LogP contribution is -2.10. The van der Waals surface area contributed by atoms with E-state index in [-0.39, 0.29) is 5.76 Å². The van der Waals surface area contributed by atoms with Crippen LogP contribution in [0.2, 0.25) is 5.02 Å². The Hall–Kier alpha value is -3.39. The number of amides is 1. The van der Waals surface area contributed by atoms with Crippen LogP contribution in [0, 0.1) is 6.01 Å². The highest BCUT2D eigenvalue weighted by molar-refractivity contribution is 6.33. The van der Waals surface area contributed by atoms with Crippen molar-refractivity contribution in [2.24, 2.45) is 0 Å². The van der Waals surface area contributed by atoms with Crippen molar-refractivity contribution >= 4 is 34.7 Å². The van der Waals surface area contributed by atoms with Crippen LogP contribution in [0.1, 0.15) is 10.6 Å².